The average molecular weight is 309 g/mol. The van der Waals surface area contributed by atoms with E-state index in [1.165, 1.54) is 11.3 Å². The van der Waals surface area contributed by atoms with Gasteiger partial charge < -0.3 is 10.1 Å². The Morgan fingerprint density at radius 1 is 1.25 bits per heavy atom. The lowest BCUT2D eigenvalue weighted by Crippen LogP contribution is -2.36. The molecule has 2 aromatic rings. The van der Waals surface area contributed by atoms with E-state index in [0.717, 1.165) is 4.88 Å². The van der Waals surface area contributed by atoms with Crippen LogP contribution in [0.1, 0.15) is 27.9 Å². The van der Waals surface area contributed by atoms with Gasteiger partial charge in [-0.3, -0.25) is 4.79 Å². The van der Waals surface area contributed by atoms with E-state index in [0.29, 0.717) is 17.8 Å². The summed E-state index contributed by atoms with van der Waals surface area (Å²) in [6, 6.07) is 7.34. The highest BCUT2D eigenvalue weighted by Crippen LogP contribution is 2.13. The van der Waals surface area contributed by atoms with E-state index in [1.54, 1.807) is 28.8 Å². The lowest BCUT2D eigenvalue weighted by atomic mass is 10.2. The van der Waals surface area contributed by atoms with Gasteiger partial charge in [0.25, 0.3) is 5.91 Å². The molecule has 106 valence electrons. The molecule has 0 aliphatic heterocycles. The Morgan fingerprint density at radius 2 is 2.00 bits per heavy atom. The number of nitrogens with one attached hydrogen (secondary N) is 1. The molecule has 1 N–H and O–H groups in total. The van der Waals surface area contributed by atoms with Gasteiger partial charge in [-0.1, -0.05) is 19.1 Å². The smallest absolute Gasteiger partial charge is 0.349 e. The predicted octanol–water partition coefficient (Wildman–Crippen LogP) is 3.06. The van der Waals surface area contributed by atoms with Gasteiger partial charge in [-0.15, -0.1) is 22.7 Å². The molecule has 2 rings (SSSR count). The molecular weight excluding hydrogens is 294 g/mol. The van der Waals surface area contributed by atoms with Gasteiger partial charge in [-0.2, -0.15) is 0 Å². The van der Waals surface area contributed by atoms with Crippen LogP contribution in [0.2, 0.25) is 0 Å². The van der Waals surface area contributed by atoms with Crippen molar-refractivity contribution in [2.45, 2.75) is 26.0 Å². The number of carbonyl (C=O) groups excluding carboxylic acids is 2. The second-order valence-corrected chi connectivity index (χ2v) is 6.06. The van der Waals surface area contributed by atoms with Crippen molar-refractivity contribution in [2.75, 3.05) is 0 Å². The Kier molecular flexibility index (Phi) is 5.31. The van der Waals surface area contributed by atoms with Crippen LogP contribution in [-0.4, -0.2) is 18.0 Å². The van der Waals surface area contributed by atoms with E-state index in [9.17, 15) is 9.59 Å². The lowest BCUT2D eigenvalue weighted by molar-refractivity contribution is -0.130. The van der Waals surface area contributed by atoms with Crippen molar-refractivity contribution in [3.8, 4) is 0 Å². The van der Waals surface area contributed by atoms with E-state index in [1.807, 2.05) is 24.4 Å². The third-order valence-electron chi connectivity index (χ3n) is 2.65. The Bertz CT molecular complexity index is 549. The highest BCUT2D eigenvalue weighted by molar-refractivity contribution is 7.12. The molecule has 0 aliphatic carbocycles. The number of hydrogen-bond acceptors (Lipinski definition) is 5. The van der Waals surface area contributed by atoms with Crippen molar-refractivity contribution in [3.05, 3.63) is 44.8 Å². The molecule has 4 nitrogen and oxygen atoms in total. The topological polar surface area (TPSA) is 55.4 Å². The van der Waals surface area contributed by atoms with Crippen LogP contribution in [-0.2, 0) is 16.1 Å². The number of hydrogen-bond donors (Lipinski definition) is 1. The number of ether oxygens (including phenoxy) is 1. The summed E-state index contributed by atoms with van der Waals surface area (Å²) in [5, 5.41) is 6.54. The molecule has 0 saturated heterocycles. The van der Waals surface area contributed by atoms with E-state index in [-0.39, 0.29) is 5.91 Å². The van der Waals surface area contributed by atoms with Crippen LogP contribution >= 0.6 is 22.7 Å². The third kappa shape index (κ3) is 3.91. The van der Waals surface area contributed by atoms with Gasteiger partial charge in [0.2, 0.25) is 0 Å². The molecule has 2 aromatic heterocycles. The number of carbonyl (C=O) groups is 2. The Hall–Kier alpha value is -1.66. The van der Waals surface area contributed by atoms with Gasteiger partial charge in [-0.25, -0.2) is 4.79 Å². The minimum Gasteiger partial charge on any atom is -0.448 e. The Morgan fingerprint density at radius 3 is 2.60 bits per heavy atom. The van der Waals surface area contributed by atoms with E-state index in [2.05, 4.69) is 5.32 Å². The van der Waals surface area contributed by atoms with Crippen LogP contribution < -0.4 is 5.32 Å². The van der Waals surface area contributed by atoms with Crippen LogP contribution in [0.3, 0.4) is 0 Å². The molecule has 0 radical (unpaired) electrons. The maximum Gasteiger partial charge on any atom is 0.349 e. The quantitative estimate of drug-likeness (QED) is 0.834. The molecule has 0 fully saturated rings. The highest BCUT2D eigenvalue weighted by Gasteiger charge is 2.22. The van der Waals surface area contributed by atoms with Gasteiger partial charge in [0.05, 0.1) is 6.54 Å². The zero-order valence-electron chi connectivity index (χ0n) is 11.0. The maximum absolute atomic E-state index is 12.0. The molecule has 0 spiro atoms. The first-order valence-corrected chi connectivity index (χ1v) is 8.01. The van der Waals surface area contributed by atoms with Gasteiger partial charge in [0, 0.05) is 4.88 Å². The minimum atomic E-state index is -0.746. The number of rotatable bonds is 6. The third-order valence-corrected chi connectivity index (χ3v) is 4.38. The number of amides is 1. The van der Waals surface area contributed by atoms with Crippen molar-refractivity contribution in [3.63, 3.8) is 0 Å². The first-order valence-electron chi connectivity index (χ1n) is 6.25. The van der Waals surface area contributed by atoms with Gasteiger partial charge in [0.1, 0.15) is 4.88 Å². The first-order chi connectivity index (χ1) is 9.70. The predicted molar refractivity (Wildman–Crippen MR) is 80.0 cm³/mol. The fourth-order valence-corrected chi connectivity index (χ4v) is 2.86. The minimum absolute atomic E-state index is 0.259. The standard InChI is InChI=1S/C14H15NO3S2/c1-2-11(18-14(17)12-6-4-8-20-12)13(16)15-9-10-5-3-7-19-10/h3-8,11H,2,9H2,1H3,(H,15,16)/t11-/m1/s1. The SMILES string of the molecule is CC[C@@H](OC(=O)c1cccs1)C(=O)NCc1cccs1. The van der Waals surface area contributed by atoms with Crippen LogP contribution in [0.4, 0.5) is 0 Å². The van der Waals surface area contributed by atoms with Crippen molar-refractivity contribution in [1.29, 1.82) is 0 Å². The number of esters is 1. The zero-order valence-corrected chi connectivity index (χ0v) is 12.6. The van der Waals surface area contributed by atoms with Gasteiger partial charge in [0.15, 0.2) is 6.10 Å². The lowest BCUT2D eigenvalue weighted by Gasteiger charge is -2.15. The average Bonchev–Trinajstić information content (AvgIpc) is 3.13. The number of thiophene rings is 2. The summed E-state index contributed by atoms with van der Waals surface area (Å²) in [5.41, 5.74) is 0. The van der Waals surface area contributed by atoms with Crippen molar-refractivity contribution >= 4 is 34.6 Å². The first kappa shape index (κ1) is 14.7. The zero-order chi connectivity index (χ0) is 14.4. The molecule has 2 heterocycles. The molecule has 6 heteroatoms. The molecule has 1 atom stereocenters. The van der Waals surface area contributed by atoms with Crippen molar-refractivity contribution < 1.29 is 14.3 Å². The van der Waals surface area contributed by atoms with E-state index in [4.69, 9.17) is 4.74 Å². The Balaban J connectivity index is 1.87. The summed E-state index contributed by atoms with van der Waals surface area (Å²) in [6.07, 6.45) is -0.294. The van der Waals surface area contributed by atoms with E-state index >= 15 is 0 Å². The molecule has 20 heavy (non-hydrogen) atoms. The van der Waals surface area contributed by atoms with Gasteiger partial charge in [-0.05, 0) is 29.3 Å². The summed E-state index contributed by atoms with van der Waals surface area (Å²) in [4.78, 5) is 25.4. The molecule has 0 bridgehead atoms. The molecule has 0 aromatic carbocycles. The highest BCUT2D eigenvalue weighted by atomic mass is 32.1. The molecule has 0 saturated carbocycles. The largest absolute Gasteiger partial charge is 0.448 e. The van der Waals surface area contributed by atoms with Crippen LogP contribution in [0, 0.1) is 0 Å². The summed E-state index contributed by atoms with van der Waals surface area (Å²) < 4.78 is 5.24. The molecule has 0 unspecified atom stereocenters. The van der Waals surface area contributed by atoms with E-state index < -0.39 is 12.1 Å². The fraction of sp³-hybridized carbons (Fsp3) is 0.286. The molecule has 0 aliphatic rings. The van der Waals surface area contributed by atoms with Crippen LogP contribution in [0.5, 0.6) is 0 Å². The summed E-state index contributed by atoms with van der Waals surface area (Å²) in [6.45, 7) is 2.28. The monoisotopic (exact) mass is 309 g/mol. The summed E-state index contributed by atoms with van der Waals surface area (Å²) >= 11 is 2.88. The normalized spacial score (nSPS) is 11.8. The summed E-state index contributed by atoms with van der Waals surface area (Å²) in [7, 11) is 0. The van der Waals surface area contributed by atoms with Gasteiger partial charge >= 0.3 is 5.97 Å². The van der Waals surface area contributed by atoms with Crippen molar-refractivity contribution in [1.82, 2.24) is 5.32 Å². The van der Waals surface area contributed by atoms with Crippen molar-refractivity contribution in [2.24, 2.45) is 0 Å². The molecule has 1 amide bonds. The second-order valence-electron chi connectivity index (χ2n) is 4.08. The second kappa shape index (κ2) is 7.21. The van der Waals surface area contributed by atoms with Crippen LogP contribution in [0.25, 0.3) is 0 Å². The maximum atomic E-state index is 12.0. The van der Waals surface area contributed by atoms with Crippen LogP contribution in [0.15, 0.2) is 35.0 Å². The molecular formula is C14H15NO3S2. The Labute approximate surface area is 125 Å². The summed E-state index contributed by atoms with van der Waals surface area (Å²) in [5.74, 6) is -0.705. The fourth-order valence-electron chi connectivity index (χ4n) is 1.61.